The van der Waals surface area contributed by atoms with Crippen LogP contribution in [0.4, 0.5) is 0 Å². The lowest BCUT2D eigenvalue weighted by Crippen LogP contribution is -2.71. The molecule has 2 amide bonds. The van der Waals surface area contributed by atoms with Crippen LogP contribution in [0, 0.1) is 0 Å². The Kier molecular flexibility index (Phi) is 10.5. The van der Waals surface area contributed by atoms with Gasteiger partial charge in [-0.05, 0) is 38.2 Å². The summed E-state index contributed by atoms with van der Waals surface area (Å²) in [6.45, 7) is 4.64. The number of nitrogens with one attached hydrogen (secondary N) is 1. The number of fused-ring (bicyclic) bond motifs is 1. The number of thioether (sulfide) groups is 2. The second kappa shape index (κ2) is 14.5. The maximum atomic E-state index is 13.8. The molecule has 0 aliphatic carbocycles. The van der Waals surface area contributed by atoms with Crippen LogP contribution >= 0.6 is 34.9 Å². The number of ether oxygens (including phenoxy) is 2. The Morgan fingerprint density at radius 1 is 1.09 bits per heavy atom. The van der Waals surface area contributed by atoms with Crippen molar-refractivity contribution >= 4 is 64.3 Å². The highest BCUT2D eigenvalue weighted by molar-refractivity contribution is 8.05. The Bertz CT molecular complexity index is 1600. The van der Waals surface area contributed by atoms with Crippen molar-refractivity contribution in [2.24, 2.45) is 5.16 Å². The molecule has 1 N–H and O–H groups in total. The van der Waals surface area contributed by atoms with Crippen LogP contribution in [0.5, 0.6) is 0 Å². The maximum Gasteiger partial charge on any atom is 0.356 e. The third-order valence-electron chi connectivity index (χ3n) is 6.74. The van der Waals surface area contributed by atoms with E-state index in [1.165, 1.54) is 45.3 Å². The average Bonchev–Trinajstić information content (AvgIpc) is 3.58. The second-order valence-corrected chi connectivity index (χ2v) is 13.8. The van der Waals surface area contributed by atoms with Crippen LogP contribution in [0.25, 0.3) is 0 Å². The van der Waals surface area contributed by atoms with Gasteiger partial charge in [0.2, 0.25) is 6.61 Å². The summed E-state index contributed by atoms with van der Waals surface area (Å²) in [6.07, 6.45) is 1.15. The van der Waals surface area contributed by atoms with E-state index >= 15 is 0 Å². The first-order valence-electron chi connectivity index (χ1n) is 14.2. The van der Waals surface area contributed by atoms with Crippen molar-refractivity contribution < 1.29 is 33.5 Å². The molecule has 5 rings (SSSR count). The monoisotopic (exact) mass is 680 g/mol. The van der Waals surface area contributed by atoms with Gasteiger partial charge in [-0.25, -0.2) is 14.6 Å². The predicted molar refractivity (Wildman–Crippen MR) is 177 cm³/mol. The van der Waals surface area contributed by atoms with Gasteiger partial charge in [-0.15, -0.1) is 34.9 Å². The molecule has 2 unspecified atom stereocenters. The van der Waals surface area contributed by atoms with E-state index in [1.807, 2.05) is 66.9 Å². The number of benzene rings is 2. The molecule has 2 aromatic carbocycles. The molecule has 11 nitrogen and oxygen atoms in total. The molecule has 1 saturated heterocycles. The second-order valence-electron chi connectivity index (χ2n) is 11.1. The largest absolute Gasteiger partial charge is 0.457 e. The molecule has 2 atom stereocenters. The van der Waals surface area contributed by atoms with Crippen molar-refractivity contribution in [2.75, 3.05) is 18.6 Å². The van der Waals surface area contributed by atoms with E-state index in [0.717, 1.165) is 11.1 Å². The summed E-state index contributed by atoms with van der Waals surface area (Å²) in [5.41, 5.74) is 2.56. The van der Waals surface area contributed by atoms with Gasteiger partial charge in [-0.2, -0.15) is 0 Å². The van der Waals surface area contributed by atoms with Crippen molar-refractivity contribution in [3.8, 4) is 0 Å². The average molecular weight is 681 g/mol. The topological polar surface area (TPSA) is 136 Å². The van der Waals surface area contributed by atoms with Crippen LogP contribution in [-0.2, 0) is 33.5 Å². The molecule has 0 radical (unpaired) electrons. The minimum Gasteiger partial charge on any atom is -0.457 e. The molecule has 0 bridgehead atoms. The summed E-state index contributed by atoms with van der Waals surface area (Å²) in [6, 6.07) is 17.8. The molecule has 240 valence electrons. The lowest BCUT2D eigenvalue weighted by atomic mass is 10.0. The van der Waals surface area contributed by atoms with Crippen LogP contribution in [0.1, 0.15) is 43.7 Å². The summed E-state index contributed by atoms with van der Waals surface area (Å²) >= 11 is 4.04. The summed E-state index contributed by atoms with van der Waals surface area (Å²) in [4.78, 5) is 64.3. The molecular weight excluding hydrogens is 649 g/mol. The fourth-order valence-electron chi connectivity index (χ4n) is 4.75. The third-order valence-corrected chi connectivity index (χ3v) is 9.62. The van der Waals surface area contributed by atoms with Crippen molar-refractivity contribution in [3.63, 3.8) is 0 Å². The number of esters is 2. The zero-order valence-corrected chi connectivity index (χ0v) is 27.9. The first kappa shape index (κ1) is 33.2. The number of carbonyl (C=O) groups is 4. The number of hydrogen-bond donors (Lipinski definition) is 1. The lowest BCUT2D eigenvalue weighted by Gasteiger charge is -2.49. The third kappa shape index (κ3) is 7.62. The predicted octanol–water partition coefficient (Wildman–Crippen LogP) is 4.51. The molecule has 3 aromatic rings. The fourth-order valence-corrected chi connectivity index (χ4v) is 7.53. The van der Waals surface area contributed by atoms with Gasteiger partial charge in [0.05, 0.1) is 5.51 Å². The first-order chi connectivity index (χ1) is 22.1. The molecule has 0 saturated carbocycles. The Labute approximate surface area is 278 Å². The molecule has 1 fully saturated rings. The highest BCUT2D eigenvalue weighted by Gasteiger charge is 2.55. The standard InChI is InChI=1S/C32H32N4O7S3/c1-32(2,3)43-23(37)15-41-35-24(21-16-45-18-33-21)28(38)34-25-29(39)36-26(22(44-4)17-46-30(25)36)31(40)42-27(19-11-7-5-8-12-19)20-13-9-6-10-14-20/h5-14,16,18,25,27,30H,15,17H2,1-4H3,(H,34,38)/b35-24+. The SMILES string of the molecule is CSC1=C(C(=O)OC(c2ccccc2)c2ccccc2)N2C(=O)C(NC(=O)/C(=N/OCC(=O)OC(C)(C)C)c3cscn3)C2SC1. The summed E-state index contributed by atoms with van der Waals surface area (Å²) in [5.74, 6) is -2.03. The fraction of sp³-hybridized carbons (Fsp3) is 0.312. The summed E-state index contributed by atoms with van der Waals surface area (Å²) in [5, 5.41) is 7.62. The highest BCUT2D eigenvalue weighted by Crippen LogP contribution is 2.44. The number of nitrogens with zero attached hydrogens (tertiary/aromatic N) is 3. The van der Waals surface area contributed by atoms with E-state index < -0.39 is 53.5 Å². The van der Waals surface area contributed by atoms with Gasteiger partial charge in [-0.1, -0.05) is 65.8 Å². The zero-order valence-electron chi connectivity index (χ0n) is 25.5. The normalized spacial score (nSPS) is 18.1. The van der Waals surface area contributed by atoms with Gasteiger partial charge in [0.15, 0.2) is 11.8 Å². The number of carbonyl (C=O) groups excluding carboxylic acids is 4. The Hall–Kier alpha value is -4.14. The van der Waals surface area contributed by atoms with Gasteiger partial charge < -0.3 is 19.6 Å². The van der Waals surface area contributed by atoms with Gasteiger partial charge in [0.1, 0.15) is 28.4 Å². The van der Waals surface area contributed by atoms with E-state index in [4.69, 9.17) is 14.3 Å². The summed E-state index contributed by atoms with van der Waals surface area (Å²) in [7, 11) is 0. The number of oxime groups is 1. The minimum absolute atomic E-state index is 0.165. The Morgan fingerprint density at radius 2 is 1.74 bits per heavy atom. The zero-order chi connectivity index (χ0) is 32.8. The molecule has 14 heteroatoms. The highest BCUT2D eigenvalue weighted by atomic mass is 32.2. The Balaban J connectivity index is 1.32. The first-order valence-corrected chi connectivity index (χ1v) is 17.4. The van der Waals surface area contributed by atoms with Crippen LogP contribution in [-0.4, -0.2) is 75.0 Å². The molecule has 1 aromatic heterocycles. The van der Waals surface area contributed by atoms with Crippen molar-refractivity contribution in [3.05, 3.63) is 99.0 Å². The number of amides is 2. The quantitative estimate of drug-likeness (QED) is 0.133. The number of aromatic nitrogens is 1. The smallest absolute Gasteiger partial charge is 0.356 e. The van der Waals surface area contributed by atoms with Gasteiger partial charge in [-0.3, -0.25) is 14.5 Å². The van der Waals surface area contributed by atoms with E-state index in [9.17, 15) is 19.2 Å². The van der Waals surface area contributed by atoms with Crippen molar-refractivity contribution in [2.45, 2.75) is 43.9 Å². The van der Waals surface area contributed by atoms with E-state index in [-0.39, 0.29) is 17.1 Å². The van der Waals surface area contributed by atoms with Crippen LogP contribution in [0.15, 0.2) is 87.3 Å². The number of thiazole rings is 1. The summed E-state index contributed by atoms with van der Waals surface area (Å²) < 4.78 is 11.3. The van der Waals surface area contributed by atoms with E-state index in [0.29, 0.717) is 10.7 Å². The van der Waals surface area contributed by atoms with Gasteiger partial charge >= 0.3 is 11.9 Å². The molecular formula is C32H32N4O7S3. The number of β-lactam (4-membered cyclic amide) rings is 1. The minimum atomic E-state index is -0.947. The van der Waals surface area contributed by atoms with Crippen molar-refractivity contribution in [1.82, 2.24) is 15.2 Å². The van der Waals surface area contributed by atoms with Crippen LogP contribution in [0.2, 0.25) is 0 Å². The molecule has 46 heavy (non-hydrogen) atoms. The molecule has 2 aliphatic heterocycles. The van der Waals surface area contributed by atoms with Crippen molar-refractivity contribution in [1.29, 1.82) is 0 Å². The molecule has 2 aliphatic rings. The Morgan fingerprint density at radius 3 is 2.30 bits per heavy atom. The molecule has 0 spiro atoms. The van der Waals surface area contributed by atoms with Gasteiger partial charge in [0, 0.05) is 16.0 Å². The number of rotatable bonds is 11. The maximum absolute atomic E-state index is 13.8. The molecule has 3 heterocycles. The van der Waals surface area contributed by atoms with Gasteiger partial charge in [0.25, 0.3) is 11.8 Å². The van der Waals surface area contributed by atoms with Crippen LogP contribution < -0.4 is 5.32 Å². The van der Waals surface area contributed by atoms with E-state index in [1.54, 1.807) is 26.2 Å². The lowest BCUT2D eigenvalue weighted by molar-refractivity contribution is -0.160. The van der Waals surface area contributed by atoms with Crippen LogP contribution in [0.3, 0.4) is 0 Å². The van der Waals surface area contributed by atoms with E-state index in [2.05, 4.69) is 15.5 Å². The number of hydrogen-bond acceptors (Lipinski definition) is 12.